The summed E-state index contributed by atoms with van der Waals surface area (Å²) in [7, 11) is 0. The summed E-state index contributed by atoms with van der Waals surface area (Å²) >= 11 is 0. The molecule has 4 aliphatic rings. The van der Waals surface area contributed by atoms with Gasteiger partial charge in [0.05, 0.1) is 0 Å². The second-order valence-corrected chi connectivity index (χ2v) is 9.04. The van der Waals surface area contributed by atoms with Crippen molar-refractivity contribution in [1.82, 2.24) is 0 Å². The summed E-state index contributed by atoms with van der Waals surface area (Å²) < 4.78 is 0. The molecule has 0 unspecified atom stereocenters. The summed E-state index contributed by atoms with van der Waals surface area (Å²) in [6.07, 6.45) is 13.4. The minimum atomic E-state index is 0.310. The summed E-state index contributed by atoms with van der Waals surface area (Å²) in [5.74, 6) is 4.62. The van der Waals surface area contributed by atoms with Crippen LogP contribution in [0.4, 0.5) is 0 Å². The lowest BCUT2D eigenvalue weighted by atomic mass is 9.46. The largest absolute Gasteiger partial charge is 0.295 e. The summed E-state index contributed by atoms with van der Waals surface area (Å²) in [6, 6.07) is 0. The van der Waals surface area contributed by atoms with Crippen LogP contribution in [0.1, 0.15) is 65.7 Å². The predicted molar refractivity (Wildman–Crippen MR) is 85.8 cm³/mol. The summed E-state index contributed by atoms with van der Waals surface area (Å²) in [6.45, 7) is 7.55. The molecule has 0 aromatic carbocycles. The van der Waals surface area contributed by atoms with E-state index in [2.05, 4.69) is 26.8 Å². The second kappa shape index (κ2) is 4.46. The number of hydrogen-bond acceptors (Lipinski definition) is 1. The van der Waals surface area contributed by atoms with Crippen LogP contribution in [0.5, 0.6) is 0 Å². The van der Waals surface area contributed by atoms with E-state index in [1.165, 1.54) is 38.5 Å². The number of rotatable bonds is 0. The molecule has 0 N–H and O–H groups in total. The number of carbonyl (C=O) groups excluding carboxylic acids is 1. The van der Waals surface area contributed by atoms with Crippen molar-refractivity contribution in [3.8, 4) is 0 Å². The predicted octanol–water partition coefficient (Wildman–Crippen LogP) is 5.01. The average Bonchev–Trinajstić information content (AvgIpc) is 2.76. The molecule has 7 atom stereocenters. The number of carbonyl (C=O) groups is 1. The van der Waals surface area contributed by atoms with Crippen LogP contribution < -0.4 is 0 Å². The molecule has 1 nitrogen and oxygen atoms in total. The molecule has 116 valence electrons. The van der Waals surface area contributed by atoms with Crippen LogP contribution in [0, 0.1) is 40.4 Å². The molecule has 1 heteroatoms. The number of hydrogen-bond donors (Lipinski definition) is 0. The third-order valence-corrected chi connectivity index (χ3v) is 8.51. The Labute approximate surface area is 129 Å². The molecule has 0 aromatic rings. The van der Waals surface area contributed by atoms with Gasteiger partial charge in [-0.15, -0.1) is 0 Å². The monoisotopic (exact) mass is 286 g/mol. The molecule has 0 heterocycles. The van der Waals surface area contributed by atoms with E-state index < -0.39 is 0 Å². The van der Waals surface area contributed by atoms with Crippen molar-refractivity contribution in [2.24, 2.45) is 40.4 Å². The van der Waals surface area contributed by atoms with Gasteiger partial charge in [-0.2, -0.15) is 0 Å². The zero-order valence-electron chi connectivity index (χ0n) is 13.9. The Bertz CT molecular complexity index is 492. The highest BCUT2D eigenvalue weighted by Gasteiger charge is 2.58. The minimum Gasteiger partial charge on any atom is -0.295 e. The average molecular weight is 286 g/mol. The highest BCUT2D eigenvalue weighted by Crippen LogP contribution is 2.66. The molecule has 0 amide bonds. The van der Waals surface area contributed by atoms with E-state index in [1.54, 1.807) is 0 Å². The van der Waals surface area contributed by atoms with Crippen molar-refractivity contribution in [1.29, 1.82) is 0 Å². The van der Waals surface area contributed by atoms with Crippen LogP contribution in [-0.4, -0.2) is 5.78 Å². The maximum Gasteiger partial charge on any atom is 0.155 e. The van der Waals surface area contributed by atoms with E-state index in [0.29, 0.717) is 22.5 Å². The zero-order chi connectivity index (χ0) is 14.8. The van der Waals surface area contributed by atoms with Gasteiger partial charge >= 0.3 is 0 Å². The maximum absolute atomic E-state index is 11.8. The lowest BCUT2D eigenvalue weighted by molar-refractivity contribution is -0.122. The van der Waals surface area contributed by atoms with E-state index in [1.807, 2.05) is 6.08 Å². The molecule has 4 rings (SSSR count). The Morgan fingerprint density at radius 3 is 2.67 bits per heavy atom. The Morgan fingerprint density at radius 1 is 1.05 bits per heavy atom. The summed E-state index contributed by atoms with van der Waals surface area (Å²) in [5.41, 5.74) is 0.919. The number of fused-ring (bicyclic) bond motifs is 5. The quantitative estimate of drug-likeness (QED) is 0.611. The molecule has 3 fully saturated rings. The Kier molecular flexibility index (Phi) is 2.98. The normalized spacial score (nSPS) is 55.8. The zero-order valence-corrected chi connectivity index (χ0v) is 13.9. The van der Waals surface area contributed by atoms with Crippen LogP contribution >= 0.6 is 0 Å². The highest BCUT2D eigenvalue weighted by atomic mass is 16.1. The van der Waals surface area contributed by atoms with E-state index in [4.69, 9.17) is 0 Å². The van der Waals surface area contributed by atoms with Gasteiger partial charge in [-0.1, -0.05) is 26.8 Å². The summed E-state index contributed by atoms with van der Waals surface area (Å²) in [4.78, 5) is 11.8. The van der Waals surface area contributed by atoms with Crippen LogP contribution in [0.25, 0.3) is 0 Å². The van der Waals surface area contributed by atoms with Crippen molar-refractivity contribution >= 4 is 5.78 Å². The Balaban J connectivity index is 1.68. The fraction of sp³-hybridized carbons (Fsp3) is 0.850. The molecule has 0 radical (unpaired) electrons. The van der Waals surface area contributed by atoms with Gasteiger partial charge in [-0.25, -0.2) is 0 Å². The highest BCUT2D eigenvalue weighted by molar-refractivity contribution is 5.91. The third-order valence-electron chi connectivity index (χ3n) is 8.51. The van der Waals surface area contributed by atoms with Gasteiger partial charge in [0.25, 0.3) is 0 Å². The minimum absolute atomic E-state index is 0.310. The molecule has 0 bridgehead atoms. The van der Waals surface area contributed by atoms with Crippen molar-refractivity contribution in [2.45, 2.75) is 65.7 Å². The van der Waals surface area contributed by atoms with Crippen molar-refractivity contribution in [3.63, 3.8) is 0 Å². The fourth-order valence-electron chi connectivity index (χ4n) is 6.90. The lowest BCUT2D eigenvalue weighted by Gasteiger charge is -2.58. The molecule has 0 aromatic heterocycles. The van der Waals surface area contributed by atoms with Gasteiger partial charge in [0.15, 0.2) is 5.78 Å². The van der Waals surface area contributed by atoms with Gasteiger partial charge in [-0.05, 0) is 85.0 Å². The van der Waals surface area contributed by atoms with E-state index >= 15 is 0 Å². The van der Waals surface area contributed by atoms with E-state index in [-0.39, 0.29) is 0 Å². The van der Waals surface area contributed by atoms with Crippen LogP contribution in [0.2, 0.25) is 0 Å². The SMILES string of the molecule is C[C@@H]1CC[C@H]2[C@@H]3CC[C@H]4CC(=O)C=C[C@]4(C)[C@H]3CC[C@]12C. The number of ketones is 1. The summed E-state index contributed by atoms with van der Waals surface area (Å²) in [5, 5.41) is 0. The molecule has 3 saturated carbocycles. The Morgan fingerprint density at radius 2 is 1.86 bits per heavy atom. The Hall–Kier alpha value is -0.590. The fourth-order valence-corrected chi connectivity index (χ4v) is 6.90. The molecule has 0 spiro atoms. The van der Waals surface area contributed by atoms with E-state index in [0.717, 1.165) is 30.1 Å². The first kappa shape index (κ1) is 14.0. The van der Waals surface area contributed by atoms with E-state index in [9.17, 15) is 4.79 Å². The first-order valence-corrected chi connectivity index (χ1v) is 9.17. The first-order chi connectivity index (χ1) is 9.95. The smallest absolute Gasteiger partial charge is 0.155 e. The van der Waals surface area contributed by atoms with Crippen LogP contribution in [0.15, 0.2) is 12.2 Å². The first-order valence-electron chi connectivity index (χ1n) is 9.17. The second-order valence-electron chi connectivity index (χ2n) is 9.04. The standard InChI is InChI=1S/C20H30O/c1-13-4-7-17-16-6-5-14-12-15(21)8-10-20(14,3)18(16)9-11-19(13,17)2/h8,10,13-14,16-18H,4-7,9,11-12H2,1-3H3/t13-,14+,16+,17+,18+,19-,20+/m1/s1. The van der Waals surface area contributed by atoms with Crippen molar-refractivity contribution in [3.05, 3.63) is 12.2 Å². The molecule has 0 aliphatic heterocycles. The van der Waals surface area contributed by atoms with Crippen LogP contribution in [0.3, 0.4) is 0 Å². The molecule has 21 heavy (non-hydrogen) atoms. The number of allylic oxidation sites excluding steroid dienone is 2. The molecular formula is C20H30O. The van der Waals surface area contributed by atoms with Gasteiger partial charge in [-0.3, -0.25) is 4.79 Å². The maximum atomic E-state index is 11.8. The third kappa shape index (κ3) is 1.79. The topological polar surface area (TPSA) is 17.1 Å². The van der Waals surface area contributed by atoms with Gasteiger partial charge in [0, 0.05) is 6.42 Å². The van der Waals surface area contributed by atoms with Gasteiger partial charge in [0.2, 0.25) is 0 Å². The van der Waals surface area contributed by atoms with Gasteiger partial charge in [0.1, 0.15) is 0 Å². The molecular weight excluding hydrogens is 256 g/mol. The van der Waals surface area contributed by atoms with Crippen LogP contribution in [-0.2, 0) is 4.79 Å². The van der Waals surface area contributed by atoms with Gasteiger partial charge < -0.3 is 0 Å². The van der Waals surface area contributed by atoms with Crippen molar-refractivity contribution < 1.29 is 4.79 Å². The molecule has 0 saturated heterocycles. The lowest BCUT2D eigenvalue weighted by Crippen LogP contribution is -2.52. The molecule has 4 aliphatic carbocycles. The van der Waals surface area contributed by atoms with Crippen molar-refractivity contribution in [2.75, 3.05) is 0 Å².